The van der Waals surface area contributed by atoms with Gasteiger partial charge in [-0.3, -0.25) is 0 Å². The maximum absolute atomic E-state index is 4.02. The molecule has 0 saturated heterocycles. The molecule has 688 valence electrons. The molecule has 8 aliphatic carbocycles. The first-order chi connectivity index (χ1) is 67.2. The van der Waals surface area contributed by atoms with E-state index >= 15 is 0 Å². The summed E-state index contributed by atoms with van der Waals surface area (Å²) in [4.78, 5) is 2.49. The molecule has 5 atom stereocenters. The fraction of sp³-hybridized carbons (Fsp3) is 0.309. The van der Waals surface area contributed by atoms with Crippen molar-refractivity contribution >= 4 is 17.1 Å². The van der Waals surface area contributed by atoms with E-state index in [1.807, 2.05) is 12.2 Å². The van der Waals surface area contributed by atoms with Gasteiger partial charge in [-0.15, -0.1) is 0 Å². The number of rotatable bonds is 37. The van der Waals surface area contributed by atoms with Gasteiger partial charge in [0.1, 0.15) is 0 Å². The fourth-order valence-electron chi connectivity index (χ4n) is 25.9. The number of benzene rings is 13. The first kappa shape index (κ1) is 91.0. The van der Waals surface area contributed by atoms with E-state index in [2.05, 4.69) is 389 Å². The van der Waals surface area contributed by atoms with Crippen molar-refractivity contribution in [3.05, 3.63) is 447 Å². The van der Waals surface area contributed by atoms with Gasteiger partial charge in [0, 0.05) is 27.9 Å². The highest BCUT2D eigenvalue weighted by atomic mass is 15.1. The average Bonchev–Trinajstić information content (AvgIpc) is 1.53. The summed E-state index contributed by atoms with van der Waals surface area (Å²) in [5.41, 5.74) is 50.4. The normalized spacial score (nSPS) is 18.5. The van der Waals surface area contributed by atoms with Crippen molar-refractivity contribution in [3.8, 4) is 89.0 Å². The zero-order chi connectivity index (χ0) is 93.5. The predicted octanol–water partition coefficient (Wildman–Crippen LogP) is 38.0. The Labute approximate surface area is 819 Å². The van der Waals surface area contributed by atoms with Crippen molar-refractivity contribution in [1.29, 1.82) is 0 Å². The standard InChI is InChI=1S/C136H139N/c1-11-16-20-24-28-32-80-134(81-33-29-25-21-17-12-2)126-86-104(52-72-119(126)120-74-55-107(88-128(120)134)106-54-73-118-117-70-38-94(8)82-125(117)133(127(118)87-106,78-30-26-22-18-13-3)79-31-27-23-19-14-4)100-48-66-115(67-49-100)137(114-64-46-97(47-65-114)96(10)15-5)116-68-50-101(51-69-116)105-53-75-123-124-77-57-108(90-131(124)135(130(123)89-105,110-58-34-92(6)35-59-110)111-60-36-93(7)37-61-111)109-56-76-122-121-71-39-95(9)83-129(121)136(132(122)91-109,112-62-44-98-40-42-102(98)84-112)113-63-45-99-41-43-103(99)85-113/h13-14,18-19,22-23,34-36,38-39,44,46-77,82-91,93,96,99H,3-4,11-12,15-17,20-21,24-33,37,40-43,45,78-81H2,1-2,5-10H3/b22-18-,23-19-. The van der Waals surface area contributed by atoms with Gasteiger partial charge in [0.25, 0.3) is 0 Å². The second-order valence-corrected chi connectivity index (χ2v) is 42.2. The molecule has 0 radical (unpaired) electrons. The lowest BCUT2D eigenvalue weighted by molar-refractivity contribution is 0.398. The van der Waals surface area contributed by atoms with E-state index in [0.29, 0.717) is 17.8 Å². The molecule has 1 heteroatoms. The second-order valence-electron chi connectivity index (χ2n) is 42.2. The number of fused-ring (bicyclic) bond motifs is 14. The van der Waals surface area contributed by atoms with Crippen LogP contribution in [0, 0.1) is 32.6 Å². The van der Waals surface area contributed by atoms with Crippen LogP contribution in [0.5, 0.6) is 0 Å². The van der Waals surface area contributed by atoms with Crippen molar-refractivity contribution < 1.29 is 0 Å². The molecule has 0 N–H and O–H groups in total. The Bertz CT molecular complexity index is 6910. The van der Waals surface area contributed by atoms with Crippen LogP contribution in [0.3, 0.4) is 0 Å². The molecule has 13 aromatic carbocycles. The summed E-state index contributed by atoms with van der Waals surface area (Å²) in [6.45, 7) is 26.6. The summed E-state index contributed by atoms with van der Waals surface area (Å²) >= 11 is 0. The van der Waals surface area contributed by atoms with Crippen LogP contribution >= 0.6 is 0 Å². The fourth-order valence-corrected chi connectivity index (χ4v) is 25.9. The van der Waals surface area contributed by atoms with Gasteiger partial charge in [-0.2, -0.15) is 0 Å². The molecule has 0 spiro atoms. The molecule has 5 unspecified atom stereocenters. The molecule has 21 rings (SSSR count). The van der Waals surface area contributed by atoms with Crippen molar-refractivity contribution in [3.63, 3.8) is 0 Å². The van der Waals surface area contributed by atoms with Gasteiger partial charge < -0.3 is 4.90 Å². The maximum atomic E-state index is 4.02. The summed E-state index contributed by atoms with van der Waals surface area (Å²) in [5, 5.41) is 0. The summed E-state index contributed by atoms with van der Waals surface area (Å²) in [7, 11) is 0. The first-order valence-corrected chi connectivity index (χ1v) is 53.0. The van der Waals surface area contributed by atoms with Crippen LogP contribution in [0.25, 0.3) is 89.0 Å². The van der Waals surface area contributed by atoms with E-state index in [0.717, 1.165) is 94.1 Å². The van der Waals surface area contributed by atoms with Gasteiger partial charge in [-0.05, 0) is 380 Å². The Morgan fingerprint density at radius 3 is 1.16 bits per heavy atom. The lowest BCUT2D eigenvalue weighted by Crippen LogP contribution is -2.32. The van der Waals surface area contributed by atoms with Crippen molar-refractivity contribution in [2.24, 2.45) is 11.8 Å². The van der Waals surface area contributed by atoms with Gasteiger partial charge in [-0.1, -0.05) is 402 Å². The van der Waals surface area contributed by atoms with Crippen LogP contribution in [-0.2, 0) is 34.5 Å². The molecule has 13 aromatic rings. The van der Waals surface area contributed by atoms with Gasteiger partial charge in [-0.25, -0.2) is 0 Å². The number of unbranched alkanes of at least 4 members (excludes halogenated alkanes) is 12. The predicted molar refractivity (Wildman–Crippen MR) is 586 cm³/mol. The number of aryl methyl sites for hydroxylation is 5. The lowest BCUT2D eigenvalue weighted by atomic mass is 9.62. The van der Waals surface area contributed by atoms with E-state index in [9.17, 15) is 0 Å². The van der Waals surface area contributed by atoms with Gasteiger partial charge in [0.15, 0.2) is 0 Å². The Morgan fingerprint density at radius 2 is 0.737 bits per heavy atom. The van der Waals surface area contributed by atoms with Gasteiger partial charge >= 0.3 is 0 Å². The summed E-state index contributed by atoms with van der Waals surface area (Å²) < 4.78 is 0. The molecule has 1 nitrogen and oxygen atoms in total. The van der Waals surface area contributed by atoms with Crippen LogP contribution in [-0.4, -0.2) is 0 Å². The number of hydrogen-bond acceptors (Lipinski definition) is 1. The molecular weight excluding hydrogens is 1650 g/mol. The van der Waals surface area contributed by atoms with Crippen LogP contribution in [0.15, 0.2) is 358 Å². The van der Waals surface area contributed by atoms with E-state index in [-0.39, 0.29) is 10.8 Å². The molecule has 1 saturated carbocycles. The minimum atomic E-state index is -0.608. The number of anilines is 3. The first-order valence-electron chi connectivity index (χ1n) is 53.0. The Morgan fingerprint density at radius 1 is 0.358 bits per heavy atom. The molecule has 0 amide bonds. The third-order valence-electron chi connectivity index (χ3n) is 33.9. The quantitative estimate of drug-likeness (QED) is 0.0277. The Kier molecular flexibility index (Phi) is 25.8. The third kappa shape index (κ3) is 16.4. The van der Waals surface area contributed by atoms with Gasteiger partial charge in [0.05, 0.1) is 10.8 Å². The molecule has 0 bridgehead atoms. The van der Waals surface area contributed by atoms with Gasteiger partial charge in [0.2, 0.25) is 0 Å². The topological polar surface area (TPSA) is 3.24 Å². The highest BCUT2D eigenvalue weighted by Crippen LogP contribution is 2.64. The minimum absolute atomic E-state index is 0.0965. The zero-order valence-electron chi connectivity index (χ0n) is 82.9. The van der Waals surface area contributed by atoms with E-state index < -0.39 is 10.8 Å². The number of nitrogens with zero attached hydrogens (tertiary/aromatic N) is 1. The van der Waals surface area contributed by atoms with Crippen molar-refractivity contribution in [2.45, 2.75) is 256 Å². The third-order valence-corrected chi connectivity index (χ3v) is 33.9. The smallest absolute Gasteiger partial charge is 0.0710 e. The molecule has 1 fully saturated rings. The zero-order valence-corrected chi connectivity index (χ0v) is 82.9. The lowest BCUT2D eigenvalue weighted by Gasteiger charge is -2.41. The molecule has 8 aliphatic rings. The summed E-state index contributed by atoms with van der Waals surface area (Å²) in [6, 6.07) is 106. The second kappa shape index (κ2) is 38.9. The largest absolute Gasteiger partial charge is 0.311 e. The Balaban J connectivity index is 0.637. The van der Waals surface area contributed by atoms with Crippen LogP contribution in [0.4, 0.5) is 17.1 Å². The van der Waals surface area contributed by atoms with Crippen LogP contribution in [0.1, 0.15) is 290 Å². The molecule has 0 aromatic heterocycles. The molecule has 137 heavy (non-hydrogen) atoms. The van der Waals surface area contributed by atoms with E-state index in [1.165, 1.54) is 280 Å². The maximum Gasteiger partial charge on any atom is 0.0710 e. The summed E-state index contributed by atoms with van der Waals surface area (Å²) in [6.07, 6.45) is 57.7. The van der Waals surface area contributed by atoms with Crippen LogP contribution < -0.4 is 4.90 Å². The monoisotopic (exact) mass is 1790 g/mol. The van der Waals surface area contributed by atoms with E-state index in [4.69, 9.17) is 0 Å². The van der Waals surface area contributed by atoms with Crippen LogP contribution in [0.2, 0.25) is 0 Å². The molecule has 0 heterocycles. The minimum Gasteiger partial charge on any atom is -0.311 e. The molecule has 0 aliphatic heterocycles. The number of hydrogen-bond donors (Lipinski definition) is 0. The SMILES string of the molecule is C=C/C=C\CCCC1(CCC/C=C\C=C)c2cc(C)ccc2-c2ccc(-c3ccc4c(c3)C(CCCCCCCC)(CCCCCCCC)c3cc(-c5ccc(N(c6ccc(-c7ccc8c(c7)C(C7=CCC(C)C=C7)(c7ccc(C)cc7)c7cc(-c9ccc%10c(c9)C(C9=CCC%11CCC%11=C9)(c9ccc%11c(c9)CC%11)c9cc(C)ccc9-%10)ccc7-8)cc6)c6ccc(C(C)CC)cc6)cc5)ccc3-4)cc21. The number of allylic oxidation sites excluding steroid dienone is 14. The average molecular weight is 1790 g/mol. The van der Waals surface area contributed by atoms with Crippen molar-refractivity contribution in [1.82, 2.24) is 0 Å². The summed E-state index contributed by atoms with van der Waals surface area (Å²) in [5.74, 6) is 1.59. The Hall–Kier alpha value is -12.4. The highest BCUT2D eigenvalue weighted by molar-refractivity contribution is 5.95. The van der Waals surface area contributed by atoms with Crippen molar-refractivity contribution in [2.75, 3.05) is 4.90 Å². The van der Waals surface area contributed by atoms with E-state index in [1.54, 1.807) is 11.1 Å². The molecular formula is C136H139N. The highest BCUT2D eigenvalue weighted by Gasteiger charge is 2.52.